The Balaban J connectivity index is 2.20. The van der Waals surface area contributed by atoms with Crippen molar-refractivity contribution in [2.75, 3.05) is 0 Å². The maximum Gasteiger partial charge on any atom is 0.433 e. The van der Waals surface area contributed by atoms with Gasteiger partial charge in [0.2, 0.25) is 5.88 Å². The van der Waals surface area contributed by atoms with Crippen molar-refractivity contribution >= 4 is 6.29 Å². The molecule has 0 amide bonds. The third kappa shape index (κ3) is 3.31. The minimum absolute atomic E-state index is 0.159. The molecule has 0 aliphatic rings. The summed E-state index contributed by atoms with van der Waals surface area (Å²) in [5, 5.41) is 0. The van der Waals surface area contributed by atoms with Gasteiger partial charge in [-0.25, -0.2) is 4.98 Å². The first-order valence-corrected chi connectivity index (χ1v) is 5.26. The van der Waals surface area contributed by atoms with Crippen LogP contribution in [0.2, 0.25) is 0 Å². The number of halogens is 3. The van der Waals surface area contributed by atoms with Crippen LogP contribution in [0.15, 0.2) is 42.5 Å². The lowest BCUT2D eigenvalue weighted by molar-refractivity contribution is -0.141. The van der Waals surface area contributed by atoms with E-state index >= 15 is 0 Å². The number of alkyl halides is 3. The highest BCUT2D eigenvalue weighted by Gasteiger charge is 2.32. The monoisotopic (exact) mass is 267 g/mol. The van der Waals surface area contributed by atoms with Crippen molar-refractivity contribution in [3.8, 4) is 11.6 Å². The van der Waals surface area contributed by atoms with E-state index < -0.39 is 11.9 Å². The molecule has 0 atom stereocenters. The van der Waals surface area contributed by atoms with Crippen molar-refractivity contribution in [2.24, 2.45) is 0 Å². The van der Waals surface area contributed by atoms with Crippen LogP contribution in [-0.4, -0.2) is 11.3 Å². The second-order valence-corrected chi connectivity index (χ2v) is 3.65. The van der Waals surface area contributed by atoms with Crippen LogP contribution >= 0.6 is 0 Å². The Bertz CT molecular complexity index is 579. The summed E-state index contributed by atoms with van der Waals surface area (Å²) in [4.78, 5) is 13.8. The number of nitrogens with zero attached hydrogens (tertiary/aromatic N) is 1. The van der Waals surface area contributed by atoms with Gasteiger partial charge in [-0.15, -0.1) is 0 Å². The molecule has 0 saturated heterocycles. The van der Waals surface area contributed by atoms with Gasteiger partial charge >= 0.3 is 6.18 Å². The predicted molar refractivity (Wildman–Crippen MR) is 61.1 cm³/mol. The van der Waals surface area contributed by atoms with Crippen LogP contribution in [0.5, 0.6) is 11.6 Å². The average Bonchev–Trinajstić information content (AvgIpc) is 2.39. The molecule has 98 valence electrons. The van der Waals surface area contributed by atoms with E-state index in [1.807, 2.05) is 0 Å². The molecule has 3 nitrogen and oxygen atoms in total. The van der Waals surface area contributed by atoms with Crippen LogP contribution in [-0.2, 0) is 6.18 Å². The Morgan fingerprint density at radius 2 is 1.74 bits per heavy atom. The van der Waals surface area contributed by atoms with E-state index in [9.17, 15) is 18.0 Å². The number of aromatic nitrogens is 1. The number of rotatable bonds is 3. The Morgan fingerprint density at radius 1 is 1.05 bits per heavy atom. The van der Waals surface area contributed by atoms with E-state index in [1.54, 1.807) is 0 Å². The molecule has 2 rings (SSSR count). The fraction of sp³-hybridized carbons (Fsp3) is 0.0769. The lowest BCUT2D eigenvalue weighted by Gasteiger charge is -2.08. The van der Waals surface area contributed by atoms with Gasteiger partial charge in [0.1, 0.15) is 17.7 Å². The number of pyridine rings is 1. The number of carbonyl (C=O) groups excluding carboxylic acids is 1. The van der Waals surface area contributed by atoms with Gasteiger partial charge in [-0.05, 0) is 30.3 Å². The summed E-state index contributed by atoms with van der Waals surface area (Å²) in [6, 6.07) is 9.35. The number of hydrogen-bond acceptors (Lipinski definition) is 3. The van der Waals surface area contributed by atoms with E-state index in [1.165, 1.54) is 36.4 Å². The molecule has 0 aliphatic carbocycles. The summed E-state index contributed by atoms with van der Waals surface area (Å²) in [6.45, 7) is 0. The summed E-state index contributed by atoms with van der Waals surface area (Å²) < 4.78 is 42.5. The minimum Gasteiger partial charge on any atom is -0.439 e. The Hall–Kier alpha value is -2.37. The van der Waals surface area contributed by atoms with Crippen molar-refractivity contribution in [3.05, 3.63) is 53.7 Å². The molecule has 0 saturated carbocycles. The third-order valence-electron chi connectivity index (χ3n) is 2.25. The van der Waals surface area contributed by atoms with Crippen LogP contribution in [0.1, 0.15) is 16.1 Å². The highest BCUT2D eigenvalue weighted by Crippen LogP contribution is 2.29. The van der Waals surface area contributed by atoms with Crippen LogP contribution in [0.4, 0.5) is 13.2 Å². The van der Waals surface area contributed by atoms with Gasteiger partial charge in [0.05, 0.1) is 0 Å². The quantitative estimate of drug-likeness (QED) is 0.796. The summed E-state index contributed by atoms with van der Waals surface area (Å²) in [6.07, 6.45) is -3.85. The maximum absolute atomic E-state index is 12.4. The van der Waals surface area contributed by atoms with E-state index in [4.69, 9.17) is 4.74 Å². The molecule has 0 fully saturated rings. The molecule has 1 aromatic heterocycles. The first-order valence-electron chi connectivity index (χ1n) is 5.26. The molecular weight excluding hydrogens is 259 g/mol. The second-order valence-electron chi connectivity index (χ2n) is 3.65. The van der Waals surface area contributed by atoms with Gasteiger partial charge in [-0.2, -0.15) is 13.2 Å². The molecule has 2 aromatic rings. The van der Waals surface area contributed by atoms with Gasteiger partial charge in [-0.3, -0.25) is 4.79 Å². The molecule has 0 radical (unpaired) electrons. The van der Waals surface area contributed by atoms with Gasteiger partial charge < -0.3 is 4.74 Å². The Morgan fingerprint density at radius 3 is 2.32 bits per heavy atom. The number of aldehydes is 1. The zero-order chi connectivity index (χ0) is 13.9. The fourth-order valence-electron chi connectivity index (χ4n) is 1.36. The van der Waals surface area contributed by atoms with Crippen LogP contribution < -0.4 is 4.74 Å². The van der Waals surface area contributed by atoms with Crippen LogP contribution in [0.3, 0.4) is 0 Å². The number of benzene rings is 1. The molecule has 0 spiro atoms. The van der Waals surface area contributed by atoms with Gasteiger partial charge in [-0.1, -0.05) is 6.07 Å². The molecule has 0 bridgehead atoms. The highest BCUT2D eigenvalue weighted by molar-refractivity contribution is 5.74. The maximum atomic E-state index is 12.4. The minimum atomic E-state index is -4.51. The van der Waals surface area contributed by atoms with Crippen molar-refractivity contribution in [3.63, 3.8) is 0 Å². The topological polar surface area (TPSA) is 39.2 Å². The number of ether oxygens (including phenoxy) is 1. The summed E-state index contributed by atoms with van der Waals surface area (Å²) in [5.41, 5.74) is -0.570. The molecule has 0 N–H and O–H groups in total. The van der Waals surface area contributed by atoms with Crippen molar-refractivity contribution in [1.82, 2.24) is 4.98 Å². The van der Waals surface area contributed by atoms with Crippen LogP contribution in [0.25, 0.3) is 0 Å². The SMILES string of the molecule is O=Cc1ccc(Oc2cccc(C(F)(F)F)n2)cc1. The fourth-order valence-corrected chi connectivity index (χ4v) is 1.36. The molecule has 0 unspecified atom stereocenters. The molecule has 0 aliphatic heterocycles. The molecule has 1 aromatic carbocycles. The lowest BCUT2D eigenvalue weighted by atomic mass is 10.2. The van der Waals surface area contributed by atoms with Crippen molar-refractivity contribution in [1.29, 1.82) is 0 Å². The number of hydrogen-bond donors (Lipinski definition) is 0. The van der Waals surface area contributed by atoms with Crippen molar-refractivity contribution < 1.29 is 22.7 Å². The van der Waals surface area contributed by atoms with Gasteiger partial charge in [0, 0.05) is 11.6 Å². The molecule has 19 heavy (non-hydrogen) atoms. The second kappa shape index (κ2) is 5.09. The zero-order valence-electron chi connectivity index (χ0n) is 9.52. The van der Waals surface area contributed by atoms with E-state index in [-0.39, 0.29) is 5.88 Å². The van der Waals surface area contributed by atoms with Gasteiger partial charge in [0.15, 0.2) is 0 Å². The zero-order valence-corrected chi connectivity index (χ0v) is 9.52. The normalized spacial score (nSPS) is 11.1. The van der Waals surface area contributed by atoms with Gasteiger partial charge in [0.25, 0.3) is 0 Å². The average molecular weight is 267 g/mol. The predicted octanol–water partition coefficient (Wildman–Crippen LogP) is 3.71. The summed E-state index contributed by atoms with van der Waals surface area (Å²) in [7, 11) is 0. The highest BCUT2D eigenvalue weighted by atomic mass is 19.4. The van der Waals surface area contributed by atoms with E-state index in [0.717, 1.165) is 6.07 Å². The van der Waals surface area contributed by atoms with Crippen LogP contribution in [0, 0.1) is 0 Å². The van der Waals surface area contributed by atoms with Crippen molar-refractivity contribution in [2.45, 2.75) is 6.18 Å². The Kier molecular flexibility index (Phi) is 3.50. The first-order chi connectivity index (χ1) is 8.99. The molecule has 1 heterocycles. The molecule has 6 heteroatoms. The third-order valence-corrected chi connectivity index (χ3v) is 2.25. The summed E-state index contributed by atoms with van der Waals surface area (Å²) in [5.74, 6) is 0.145. The smallest absolute Gasteiger partial charge is 0.433 e. The van der Waals surface area contributed by atoms with E-state index in [2.05, 4.69) is 4.98 Å². The lowest BCUT2D eigenvalue weighted by Crippen LogP contribution is -2.07. The van der Waals surface area contributed by atoms with E-state index in [0.29, 0.717) is 17.6 Å². The largest absolute Gasteiger partial charge is 0.439 e. The summed E-state index contributed by atoms with van der Waals surface area (Å²) >= 11 is 0. The first kappa shape index (κ1) is 13.1. The Labute approximate surface area is 106 Å². The standard InChI is InChI=1S/C13H8F3NO2/c14-13(15,16)11-2-1-3-12(17-11)19-10-6-4-9(8-18)5-7-10/h1-8H. The number of carbonyl (C=O) groups is 1. The molecular formula is C13H8F3NO2.